The minimum Gasteiger partial charge on any atom is -1.00 e. The number of halogens is 3. The molecule has 0 aliphatic heterocycles. The van der Waals surface area contributed by atoms with Crippen molar-refractivity contribution in [2.24, 2.45) is 0 Å². The fourth-order valence-electron chi connectivity index (χ4n) is 0.583. The van der Waals surface area contributed by atoms with Crippen LogP contribution in [-0.2, 0) is 32.8 Å². The summed E-state index contributed by atoms with van der Waals surface area (Å²) in [6, 6.07) is 9.52. The SMILES string of the molecule is OCc1ccccc1.[F-].[F-].[F-].[Zr+3]. The predicted molar refractivity (Wildman–Crippen MR) is 32.4 cm³/mol. The first-order chi connectivity index (χ1) is 3.93. The van der Waals surface area contributed by atoms with Gasteiger partial charge in [0.05, 0.1) is 6.61 Å². The first-order valence-electron chi connectivity index (χ1n) is 2.58. The van der Waals surface area contributed by atoms with Crippen LogP contribution in [0.3, 0.4) is 0 Å². The smallest absolute Gasteiger partial charge is 1.00 e. The van der Waals surface area contributed by atoms with Crippen LogP contribution in [0, 0.1) is 0 Å². The van der Waals surface area contributed by atoms with E-state index in [1.54, 1.807) is 0 Å². The van der Waals surface area contributed by atoms with Gasteiger partial charge in [0.2, 0.25) is 0 Å². The summed E-state index contributed by atoms with van der Waals surface area (Å²) in [6.45, 7) is 0.140. The van der Waals surface area contributed by atoms with Crippen molar-refractivity contribution in [2.75, 3.05) is 0 Å². The van der Waals surface area contributed by atoms with Crippen molar-refractivity contribution in [1.82, 2.24) is 0 Å². The topological polar surface area (TPSA) is 20.2 Å². The second-order valence-corrected chi connectivity index (χ2v) is 1.64. The van der Waals surface area contributed by atoms with E-state index in [1.165, 1.54) is 0 Å². The number of aliphatic hydroxyl groups is 1. The van der Waals surface area contributed by atoms with Crippen molar-refractivity contribution in [3.63, 3.8) is 0 Å². The molecule has 0 atom stereocenters. The fraction of sp³-hybridized carbons (Fsp3) is 0.143. The van der Waals surface area contributed by atoms with E-state index in [2.05, 4.69) is 0 Å². The molecule has 0 heterocycles. The van der Waals surface area contributed by atoms with Gasteiger partial charge in [-0.15, -0.1) is 0 Å². The van der Waals surface area contributed by atoms with E-state index in [1.807, 2.05) is 30.3 Å². The van der Waals surface area contributed by atoms with Gasteiger partial charge in [-0.05, 0) is 5.56 Å². The summed E-state index contributed by atoms with van der Waals surface area (Å²) in [5.41, 5.74) is 0.965. The molecule has 0 aliphatic carbocycles. The largest absolute Gasteiger partial charge is 3.00 e. The van der Waals surface area contributed by atoms with Gasteiger partial charge in [0, 0.05) is 0 Å². The first kappa shape index (κ1) is 22.6. The van der Waals surface area contributed by atoms with Crippen LogP contribution in [0.4, 0.5) is 0 Å². The molecule has 1 N–H and O–H groups in total. The Hall–Kier alpha value is -0.147. The third kappa shape index (κ3) is 7.95. The molecule has 1 aromatic rings. The molecule has 1 nitrogen and oxygen atoms in total. The summed E-state index contributed by atoms with van der Waals surface area (Å²) in [7, 11) is 0. The van der Waals surface area contributed by atoms with Gasteiger partial charge in [-0.2, -0.15) is 0 Å². The van der Waals surface area contributed by atoms with Crippen LogP contribution < -0.4 is 14.1 Å². The minimum absolute atomic E-state index is 0. The van der Waals surface area contributed by atoms with E-state index in [4.69, 9.17) is 5.11 Å². The van der Waals surface area contributed by atoms with Crippen molar-refractivity contribution in [3.8, 4) is 0 Å². The second-order valence-electron chi connectivity index (χ2n) is 1.64. The Bertz CT molecular complexity index is 160. The third-order valence-electron chi connectivity index (χ3n) is 1.03. The molecule has 0 fully saturated rings. The maximum Gasteiger partial charge on any atom is 3.00 e. The van der Waals surface area contributed by atoms with Gasteiger partial charge in [0.15, 0.2) is 0 Å². The Labute approximate surface area is 88.0 Å². The average molecular weight is 256 g/mol. The van der Waals surface area contributed by atoms with E-state index >= 15 is 0 Å². The molecule has 5 heteroatoms. The van der Waals surface area contributed by atoms with E-state index in [0.717, 1.165) is 5.56 Å². The van der Waals surface area contributed by atoms with Crippen LogP contribution in [0.25, 0.3) is 0 Å². The molecule has 0 unspecified atom stereocenters. The summed E-state index contributed by atoms with van der Waals surface area (Å²) in [6.07, 6.45) is 0. The van der Waals surface area contributed by atoms with Gasteiger partial charge < -0.3 is 19.2 Å². The third-order valence-corrected chi connectivity index (χ3v) is 1.03. The summed E-state index contributed by atoms with van der Waals surface area (Å²) in [4.78, 5) is 0. The monoisotopic (exact) mass is 255 g/mol. The molecule has 1 rings (SSSR count). The van der Waals surface area contributed by atoms with Crippen molar-refractivity contribution < 1.29 is 45.4 Å². The van der Waals surface area contributed by atoms with Gasteiger partial charge >= 0.3 is 26.2 Å². The zero-order chi connectivity index (χ0) is 5.82. The molecule has 0 saturated heterocycles. The van der Waals surface area contributed by atoms with Crippen LogP contribution in [0.2, 0.25) is 0 Å². The Morgan fingerprint density at radius 3 is 1.58 bits per heavy atom. The summed E-state index contributed by atoms with van der Waals surface area (Å²) >= 11 is 0. The number of rotatable bonds is 1. The summed E-state index contributed by atoms with van der Waals surface area (Å²) in [5.74, 6) is 0. The van der Waals surface area contributed by atoms with Crippen molar-refractivity contribution >= 4 is 0 Å². The average Bonchev–Trinajstić information content (AvgIpc) is 1.90. The zero-order valence-corrected chi connectivity index (χ0v) is 8.63. The molecule has 67 valence electrons. The Morgan fingerprint density at radius 1 is 0.917 bits per heavy atom. The quantitative estimate of drug-likeness (QED) is 0.529. The maximum absolute atomic E-state index is 8.54. The molecule has 0 bridgehead atoms. The number of aliphatic hydroxyl groups excluding tert-OH is 1. The number of hydrogen-bond acceptors (Lipinski definition) is 1. The second kappa shape index (κ2) is 13.4. The predicted octanol–water partition coefficient (Wildman–Crippen LogP) is -7.81. The molecule has 0 amide bonds. The van der Waals surface area contributed by atoms with Crippen LogP contribution in [0.15, 0.2) is 30.3 Å². The van der Waals surface area contributed by atoms with Crippen molar-refractivity contribution in [3.05, 3.63) is 35.9 Å². The maximum atomic E-state index is 8.54. The number of benzene rings is 1. The van der Waals surface area contributed by atoms with E-state index in [0.29, 0.717) is 0 Å². The van der Waals surface area contributed by atoms with Crippen LogP contribution >= 0.6 is 0 Å². The minimum atomic E-state index is 0. The fourth-order valence-corrected chi connectivity index (χ4v) is 0.583. The van der Waals surface area contributed by atoms with Crippen molar-refractivity contribution in [1.29, 1.82) is 0 Å². The summed E-state index contributed by atoms with van der Waals surface area (Å²) < 4.78 is 0. The van der Waals surface area contributed by atoms with Gasteiger partial charge in [-0.25, -0.2) is 0 Å². The van der Waals surface area contributed by atoms with Gasteiger partial charge in [-0.1, -0.05) is 30.3 Å². The van der Waals surface area contributed by atoms with Gasteiger partial charge in [0.25, 0.3) is 0 Å². The van der Waals surface area contributed by atoms with E-state index in [-0.39, 0.29) is 46.9 Å². The van der Waals surface area contributed by atoms with Crippen LogP contribution in [0.1, 0.15) is 5.56 Å². The normalized spacial score (nSPS) is 6.08. The van der Waals surface area contributed by atoms with E-state index in [9.17, 15) is 0 Å². The van der Waals surface area contributed by atoms with Crippen LogP contribution in [-0.4, -0.2) is 5.11 Å². The van der Waals surface area contributed by atoms with E-state index < -0.39 is 0 Å². The zero-order valence-electron chi connectivity index (χ0n) is 6.17. The molecule has 12 heavy (non-hydrogen) atoms. The van der Waals surface area contributed by atoms with Gasteiger partial charge in [-0.3, -0.25) is 0 Å². The number of hydrogen-bond donors (Lipinski definition) is 1. The molecular formula is C7H8F3OZr. The molecule has 1 radical (unpaired) electrons. The Morgan fingerprint density at radius 2 is 1.33 bits per heavy atom. The molecule has 0 aliphatic rings. The Kier molecular flexibility index (Phi) is 25.4. The molecule has 0 aromatic heterocycles. The van der Waals surface area contributed by atoms with Crippen molar-refractivity contribution in [2.45, 2.75) is 6.61 Å². The standard InChI is InChI=1S/C7H8O.3FH.Zr/c8-6-7-4-2-1-3-5-7;;;;/h1-5,8H,6H2;3*1H;/q;;;;+3/p-3. The molecular weight excluding hydrogens is 248 g/mol. The molecule has 0 saturated carbocycles. The molecule has 1 aromatic carbocycles. The first-order valence-corrected chi connectivity index (χ1v) is 2.58. The van der Waals surface area contributed by atoms with Crippen LogP contribution in [0.5, 0.6) is 0 Å². The summed E-state index contributed by atoms with van der Waals surface area (Å²) in [5, 5.41) is 8.54. The Balaban J connectivity index is -0.0000000800. The molecule has 0 spiro atoms. The van der Waals surface area contributed by atoms with Gasteiger partial charge in [0.1, 0.15) is 0 Å².